The second-order valence-corrected chi connectivity index (χ2v) is 6.71. The third-order valence-corrected chi connectivity index (χ3v) is 3.97. The molecular weight excluding hydrogens is 377 g/mol. The molecular formula is C19H22FN7O2. The largest absolute Gasteiger partial charge is 0.347 e. The fraction of sp³-hybridized carbons (Fsp3) is 0.316. The van der Waals surface area contributed by atoms with Gasteiger partial charge < -0.3 is 20.1 Å². The van der Waals surface area contributed by atoms with Crippen LogP contribution in [0.2, 0.25) is 0 Å². The number of aryl methyl sites for hydroxylation is 1. The number of carbonyl (C=O) groups excluding carboxylic acids is 1. The molecule has 3 aromatic rings. The molecule has 29 heavy (non-hydrogen) atoms. The molecule has 3 rings (SSSR count). The third kappa shape index (κ3) is 5.24. The van der Waals surface area contributed by atoms with Gasteiger partial charge in [0.15, 0.2) is 0 Å². The number of rotatable bonds is 6. The molecule has 2 amide bonds. The van der Waals surface area contributed by atoms with E-state index in [-0.39, 0.29) is 18.3 Å². The molecule has 1 aromatic carbocycles. The average Bonchev–Trinajstić information content (AvgIpc) is 3.16. The third-order valence-electron chi connectivity index (χ3n) is 3.97. The molecule has 0 aliphatic rings. The molecule has 0 saturated heterocycles. The van der Waals surface area contributed by atoms with Crippen molar-refractivity contribution in [3.05, 3.63) is 53.4 Å². The number of carbonyl (C=O) groups is 1. The van der Waals surface area contributed by atoms with Gasteiger partial charge in [-0.1, -0.05) is 17.3 Å². The number of hydrogen-bond acceptors (Lipinski definition) is 7. The lowest BCUT2D eigenvalue weighted by atomic mass is 10.2. The number of nitrogens with one attached hydrogen (secondary N) is 2. The molecule has 0 fully saturated rings. The van der Waals surface area contributed by atoms with Crippen LogP contribution in [0.5, 0.6) is 0 Å². The highest BCUT2D eigenvalue weighted by atomic mass is 19.1. The van der Waals surface area contributed by atoms with E-state index in [1.807, 2.05) is 21.0 Å². The first-order chi connectivity index (χ1) is 13.8. The molecule has 2 N–H and O–H groups in total. The van der Waals surface area contributed by atoms with Crippen molar-refractivity contribution in [2.45, 2.75) is 26.4 Å². The van der Waals surface area contributed by atoms with Gasteiger partial charge in [0.25, 0.3) is 0 Å². The summed E-state index contributed by atoms with van der Waals surface area (Å²) in [6, 6.07) is 6.74. The van der Waals surface area contributed by atoms with Gasteiger partial charge in [-0.3, -0.25) is 0 Å². The second kappa shape index (κ2) is 8.63. The van der Waals surface area contributed by atoms with Crippen LogP contribution in [0.4, 0.5) is 15.1 Å². The van der Waals surface area contributed by atoms with Gasteiger partial charge in [-0.15, -0.1) is 0 Å². The van der Waals surface area contributed by atoms with E-state index in [2.05, 4.69) is 30.7 Å². The van der Waals surface area contributed by atoms with Crippen LogP contribution in [0, 0.1) is 12.7 Å². The smallest absolute Gasteiger partial charge is 0.315 e. The Morgan fingerprint density at radius 2 is 2.03 bits per heavy atom. The Labute approximate surface area is 167 Å². The van der Waals surface area contributed by atoms with Gasteiger partial charge in [0.05, 0.1) is 12.2 Å². The minimum atomic E-state index is -0.533. The van der Waals surface area contributed by atoms with Crippen LogP contribution in [0.1, 0.15) is 30.2 Å². The Morgan fingerprint density at radius 3 is 2.76 bits per heavy atom. The van der Waals surface area contributed by atoms with Crippen LogP contribution in [-0.4, -0.2) is 40.2 Å². The maximum Gasteiger partial charge on any atom is 0.315 e. The second-order valence-electron chi connectivity index (χ2n) is 6.71. The molecule has 0 bridgehead atoms. The lowest BCUT2D eigenvalue weighted by molar-refractivity contribution is 0.233. The summed E-state index contributed by atoms with van der Waals surface area (Å²) in [5.74, 6) is 0.650. The summed E-state index contributed by atoms with van der Waals surface area (Å²) >= 11 is 0. The van der Waals surface area contributed by atoms with E-state index < -0.39 is 17.9 Å². The molecule has 0 spiro atoms. The maximum atomic E-state index is 13.3. The summed E-state index contributed by atoms with van der Waals surface area (Å²) in [7, 11) is 3.70. The first-order valence-corrected chi connectivity index (χ1v) is 8.97. The van der Waals surface area contributed by atoms with E-state index in [0.717, 1.165) is 5.69 Å². The van der Waals surface area contributed by atoms with Crippen LogP contribution in [0.15, 0.2) is 34.9 Å². The van der Waals surface area contributed by atoms with Gasteiger partial charge in [-0.25, -0.2) is 19.2 Å². The minimum absolute atomic E-state index is 0.215. The van der Waals surface area contributed by atoms with E-state index in [1.165, 1.54) is 12.1 Å². The highest BCUT2D eigenvalue weighted by Crippen LogP contribution is 2.19. The summed E-state index contributed by atoms with van der Waals surface area (Å²) in [6.45, 7) is 3.81. The lowest BCUT2D eigenvalue weighted by Gasteiger charge is -2.14. The van der Waals surface area contributed by atoms with Gasteiger partial charge in [0.1, 0.15) is 11.9 Å². The Hall–Kier alpha value is -3.56. The fourth-order valence-corrected chi connectivity index (χ4v) is 2.54. The van der Waals surface area contributed by atoms with Gasteiger partial charge in [-0.05, 0) is 32.0 Å². The van der Waals surface area contributed by atoms with Crippen molar-refractivity contribution < 1.29 is 13.7 Å². The number of urea groups is 1. The van der Waals surface area contributed by atoms with Crippen LogP contribution < -0.4 is 15.5 Å². The van der Waals surface area contributed by atoms with Crippen molar-refractivity contribution in [2.75, 3.05) is 19.0 Å². The number of anilines is 1. The molecule has 0 saturated carbocycles. The number of amides is 2. The number of aromatic nitrogens is 4. The molecule has 0 aliphatic carbocycles. The summed E-state index contributed by atoms with van der Waals surface area (Å²) in [5, 5.41) is 9.30. The Bertz CT molecular complexity index is 1010. The predicted molar refractivity (Wildman–Crippen MR) is 105 cm³/mol. The number of benzene rings is 1. The van der Waals surface area contributed by atoms with Crippen LogP contribution in [0.3, 0.4) is 0 Å². The molecule has 1 atom stereocenters. The Kier molecular flexibility index (Phi) is 6.01. The average molecular weight is 399 g/mol. The zero-order valence-corrected chi connectivity index (χ0v) is 16.6. The van der Waals surface area contributed by atoms with Gasteiger partial charge in [-0.2, -0.15) is 4.98 Å². The van der Waals surface area contributed by atoms with Crippen molar-refractivity contribution in [3.63, 3.8) is 0 Å². The Morgan fingerprint density at radius 1 is 1.24 bits per heavy atom. The first kappa shape index (κ1) is 20.2. The normalized spacial score (nSPS) is 11.8. The quantitative estimate of drug-likeness (QED) is 0.656. The topological polar surface area (TPSA) is 109 Å². The van der Waals surface area contributed by atoms with Gasteiger partial charge in [0.2, 0.25) is 17.7 Å². The number of nitrogens with zero attached hydrogens (tertiary/aromatic N) is 5. The fourth-order valence-electron chi connectivity index (χ4n) is 2.54. The van der Waals surface area contributed by atoms with E-state index >= 15 is 0 Å². The van der Waals surface area contributed by atoms with E-state index in [0.29, 0.717) is 17.2 Å². The Balaban J connectivity index is 1.59. The van der Waals surface area contributed by atoms with Gasteiger partial charge >= 0.3 is 6.03 Å². The predicted octanol–water partition coefficient (Wildman–Crippen LogP) is 2.60. The van der Waals surface area contributed by atoms with Crippen molar-refractivity contribution in [1.82, 2.24) is 30.7 Å². The van der Waals surface area contributed by atoms with Crippen LogP contribution in [0.25, 0.3) is 11.4 Å². The van der Waals surface area contributed by atoms with Crippen LogP contribution >= 0.6 is 0 Å². The van der Waals surface area contributed by atoms with Crippen molar-refractivity contribution in [1.29, 1.82) is 0 Å². The maximum absolute atomic E-state index is 13.3. The highest BCUT2D eigenvalue weighted by molar-refractivity contribution is 5.74. The first-order valence-electron chi connectivity index (χ1n) is 8.97. The molecule has 9 nitrogen and oxygen atoms in total. The number of hydrogen-bond donors (Lipinski definition) is 2. The van der Waals surface area contributed by atoms with Crippen LogP contribution in [-0.2, 0) is 6.54 Å². The lowest BCUT2D eigenvalue weighted by Crippen LogP contribution is -2.37. The molecule has 0 radical (unpaired) electrons. The molecule has 10 heteroatoms. The summed E-state index contributed by atoms with van der Waals surface area (Å²) < 4.78 is 18.5. The highest BCUT2D eigenvalue weighted by Gasteiger charge is 2.17. The van der Waals surface area contributed by atoms with Gasteiger partial charge in [0, 0.05) is 25.4 Å². The summed E-state index contributed by atoms with van der Waals surface area (Å²) in [6.07, 6.45) is 0. The monoisotopic (exact) mass is 399 g/mol. The van der Waals surface area contributed by atoms with E-state index in [4.69, 9.17) is 4.52 Å². The molecule has 0 unspecified atom stereocenters. The standard InChI is InChI=1S/C19H22FN7O2/c1-11-8-15(24-18(22-11)27(3)4)10-21-19(28)23-12(2)17-25-16(26-29-17)13-6-5-7-14(20)9-13/h5-9,12H,10H2,1-4H3,(H2,21,23,28)/t12-/m1/s1. The summed E-state index contributed by atoms with van der Waals surface area (Å²) in [4.78, 5) is 26.9. The van der Waals surface area contributed by atoms with E-state index in [9.17, 15) is 9.18 Å². The van der Waals surface area contributed by atoms with Crippen molar-refractivity contribution >= 4 is 12.0 Å². The zero-order valence-electron chi connectivity index (χ0n) is 16.6. The minimum Gasteiger partial charge on any atom is -0.347 e. The molecule has 0 aliphatic heterocycles. The van der Waals surface area contributed by atoms with Crippen molar-refractivity contribution in [3.8, 4) is 11.4 Å². The molecule has 2 heterocycles. The number of halogens is 1. The SMILES string of the molecule is Cc1cc(CNC(=O)N[C@H](C)c2nc(-c3cccc(F)c3)no2)nc(N(C)C)n1. The molecule has 152 valence electrons. The zero-order chi connectivity index (χ0) is 21.0. The summed E-state index contributed by atoms with van der Waals surface area (Å²) in [5.41, 5.74) is 1.99. The van der Waals surface area contributed by atoms with E-state index in [1.54, 1.807) is 30.0 Å². The van der Waals surface area contributed by atoms with Crippen molar-refractivity contribution in [2.24, 2.45) is 0 Å². The molecule has 2 aromatic heterocycles.